The number of aromatic nitrogens is 1. The molecule has 0 atom stereocenters. The van der Waals surface area contributed by atoms with Gasteiger partial charge in [0.25, 0.3) is 0 Å². The second-order valence-corrected chi connectivity index (χ2v) is 4.67. The van der Waals surface area contributed by atoms with Crippen LogP contribution in [-0.4, -0.2) is 21.2 Å². The van der Waals surface area contributed by atoms with Crippen molar-refractivity contribution in [1.82, 2.24) is 4.98 Å². The lowest BCUT2D eigenvalue weighted by Gasteiger charge is -2.03. The number of carboxylic acids is 1. The zero-order valence-corrected chi connectivity index (χ0v) is 10.4. The summed E-state index contributed by atoms with van der Waals surface area (Å²) in [6.45, 7) is 0. The number of carbonyl (C=O) groups is 1. The van der Waals surface area contributed by atoms with E-state index in [-0.39, 0.29) is 10.9 Å². The first-order valence-corrected chi connectivity index (χ1v) is 5.96. The minimum Gasteiger partial charge on any atom is -0.508 e. The molecular weight excluding hydrogens is 297 g/mol. The first-order chi connectivity index (χ1) is 9.27. The molecule has 1 aromatic heterocycles. The number of aromatic carboxylic acids is 1. The predicted octanol–water partition coefficient (Wildman–Crippen LogP) is 3.31. The highest BCUT2D eigenvalue weighted by molar-refractivity contribution is 7.17. The summed E-state index contributed by atoms with van der Waals surface area (Å²) in [5.74, 6) is -1.78. The summed E-state index contributed by atoms with van der Waals surface area (Å²) < 4.78 is 37.9. The molecule has 5 nitrogen and oxygen atoms in total. The number of hydrogen-bond donors (Lipinski definition) is 3. The number of rotatable bonds is 3. The van der Waals surface area contributed by atoms with Crippen molar-refractivity contribution in [2.45, 2.75) is 6.18 Å². The van der Waals surface area contributed by atoms with E-state index in [1.807, 2.05) is 0 Å². The lowest BCUT2D eigenvalue weighted by atomic mass is 10.3. The van der Waals surface area contributed by atoms with E-state index in [1.54, 1.807) is 0 Å². The Morgan fingerprint density at radius 3 is 2.55 bits per heavy atom. The first kappa shape index (κ1) is 14.1. The summed E-state index contributed by atoms with van der Waals surface area (Å²) in [5, 5.41) is 20.3. The summed E-state index contributed by atoms with van der Waals surface area (Å²) in [6, 6.07) is 5.63. The fourth-order valence-corrected chi connectivity index (χ4v) is 2.26. The van der Waals surface area contributed by atoms with Crippen LogP contribution in [-0.2, 0) is 6.18 Å². The van der Waals surface area contributed by atoms with E-state index < -0.39 is 22.7 Å². The number of anilines is 2. The molecule has 2 rings (SSSR count). The third-order valence-corrected chi connectivity index (χ3v) is 3.15. The lowest BCUT2D eigenvalue weighted by Crippen LogP contribution is -2.11. The number of carboxylic acid groups (broad SMARTS) is 1. The summed E-state index contributed by atoms with van der Waals surface area (Å²) >= 11 is 0.372. The van der Waals surface area contributed by atoms with Gasteiger partial charge in [0.15, 0.2) is 10.8 Å². The number of thiazole rings is 1. The van der Waals surface area contributed by atoms with E-state index in [2.05, 4.69) is 10.3 Å². The molecule has 0 unspecified atom stereocenters. The fraction of sp³-hybridized carbons (Fsp3) is 0.0909. The summed E-state index contributed by atoms with van der Waals surface area (Å²) in [7, 11) is 0. The van der Waals surface area contributed by atoms with Crippen molar-refractivity contribution in [1.29, 1.82) is 0 Å². The van der Waals surface area contributed by atoms with Crippen LogP contribution >= 0.6 is 11.3 Å². The number of alkyl halides is 3. The quantitative estimate of drug-likeness (QED) is 0.810. The Morgan fingerprint density at radius 1 is 1.35 bits per heavy atom. The summed E-state index contributed by atoms with van der Waals surface area (Å²) in [6.07, 6.45) is -4.84. The number of hydrogen-bond acceptors (Lipinski definition) is 5. The molecule has 9 heteroatoms. The second-order valence-electron chi connectivity index (χ2n) is 3.67. The van der Waals surface area contributed by atoms with Gasteiger partial charge in [-0.2, -0.15) is 13.2 Å². The normalized spacial score (nSPS) is 11.3. The van der Waals surface area contributed by atoms with Crippen LogP contribution in [0.25, 0.3) is 0 Å². The third-order valence-electron chi connectivity index (χ3n) is 2.19. The van der Waals surface area contributed by atoms with Gasteiger partial charge in [0.05, 0.1) is 0 Å². The molecule has 2 aromatic rings. The number of aromatic hydroxyl groups is 1. The average Bonchev–Trinajstić information content (AvgIpc) is 2.73. The molecule has 0 fully saturated rings. The van der Waals surface area contributed by atoms with Gasteiger partial charge in [-0.3, -0.25) is 0 Å². The molecule has 0 aliphatic rings. The Kier molecular flexibility index (Phi) is 3.53. The molecule has 0 radical (unpaired) electrons. The predicted molar refractivity (Wildman–Crippen MR) is 65.5 cm³/mol. The number of nitrogens with one attached hydrogen (secondary N) is 1. The van der Waals surface area contributed by atoms with Gasteiger partial charge in [-0.1, -0.05) is 17.4 Å². The Labute approximate surface area is 114 Å². The van der Waals surface area contributed by atoms with Gasteiger partial charge in [0.2, 0.25) is 0 Å². The Bertz CT molecular complexity index is 655. The number of phenols is 1. The molecule has 1 heterocycles. The number of halogens is 3. The maximum absolute atomic E-state index is 12.6. The van der Waals surface area contributed by atoms with Crippen molar-refractivity contribution in [3.63, 3.8) is 0 Å². The van der Waals surface area contributed by atoms with Gasteiger partial charge in [0.1, 0.15) is 10.6 Å². The minimum atomic E-state index is -4.84. The van der Waals surface area contributed by atoms with Crippen LogP contribution in [0.1, 0.15) is 15.4 Å². The van der Waals surface area contributed by atoms with Crippen LogP contribution in [0.3, 0.4) is 0 Å². The summed E-state index contributed by atoms with van der Waals surface area (Å²) in [5.41, 5.74) is -1.15. The van der Waals surface area contributed by atoms with Crippen molar-refractivity contribution >= 4 is 28.1 Å². The van der Waals surface area contributed by atoms with Crippen molar-refractivity contribution < 1.29 is 28.2 Å². The highest BCUT2D eigenvalue weighted by atomic mass is 32.1. The molecule has 3 N–H and O–H groups in total. The smallest absolute Gasteiger partial charge is 0.435 e. The molecule has 0 saturated carbocycles. The lowest BCUT2D eigenvalue weighted by molar-refractivity contribution is -0.141. The fourth-order valence-electron chi connectivity index (χ4n) is 1.42. The van der Waals surface area contributed by atoms with Crippen molar-refractivity contribution in [3.05, 3.63) is 34.8 Å². The number of phenolic OH excluding ortho intramolecular Hbond substituents is 1. The van der Waals surface area contributed by atoms with Gasteiger partial charge in [-0.05, 0) is 12.1 Å². The molecule has 0 aliphatic heterocycles. The molecule has 1 aromatic carbocycles. The standard InChI is InChI=1S/C11H7F3N2O3S/c12-11(13,14)8-7(9(18)19)20-10(16-8)15-5-2-1-3-6(17)4-5/h1-4,17H,(H,15,16)(H,18,19). The maximum Gasteiger partial charge on any atom is 0.435 e. The maximum atomic E-state index is 12.6. The van der Waals surface area contributed by atoms with Crippen molar-refractivity contribution in [3.8, 4) is 5.75 Å². The van der Waals surface area contributed by atoms with Gasteiger partial charge >= 0.3 is 12.1 Å². The number of benzene rings is 1. The summed E-state index contributed by atoms with van der Waals surface area (Å²) in [4.78, 5) is 13.1. The van der Waals surface area contributed by atoms with Crippen molar-refractivity contribution in [2.24, 2.45) is 0 Å². The largest absolute Gasteiger partial charge is 0.508 e. The molecule has 106 valence electrons. The minimum absolute atomic E-state index is 0.0824. The highest BCUT2D eigenvalue weighted by Gasteiger charge is 2.39. The zero-order chi connectivity index (χ0) is 14.9. The van der Waals surface area contributed by atoms with E-state index in [0.29, 0.717) is 17.0 Å². The van der Waals surface area contributed by atoms with Crippen LogP contribution in [0.5, 0.6) is 5.75 Å². The first-order valence-electron chi connectivity index (χ1n) is 5.15. The van der Waals surface area contributed by atoms with E-state index >= 15 is 0 Å². The monoisotopic (exact) mass is 304 g/mol. The molecule has 0 spiro atoms. The second kappa shape index (κ2) is 5.00. The van der Waals surface area contributed by atoms with Crippen molar-refractivity contribution in [2.75, 3.05) is 5.32 Å². The molecule has 0 amide bonds. The molecule has 0 aliphatic carbocycles. The van der Waals surface area contributed by atoms with Crippen LogP contribution in [0.2, 0.25) is 0 Å². The van der Waals surface area contributed by atoms with Gasteiger partial charge in [-0.15, -0.1) is 0 Å². The van der Waals surface area contributed by atoms with Crippen LogP contribution in [0, 0.1) is 0 Å². The van der Waals surface area contributed by atoms with E-state index in [0.717, 1.165) is 0 Å². The van der Waals surface area contributed by atoms with Crippen LogP contribution < -0.4 is 5.32 Å². The Hall–Kier alpha value is -2.29. The average molecular weight is 304 g/mol. The van der Waals surface area contributed by atoms with Crippen LogP contribution in [0.15, 0.2) is 24.3 Å². The topological polar surface area (TPSA) is 82.5 Å². The van der Waals surface area contributed by atoms with Gasteiger partial charge in [0, 0.05) is 11.8 Å². The van der Waals surface area contributed by atoms with E-state index in [1.165, 1.54) is 24.3 Å². The third kappa shape index (κ3) is 2.99. The molecule has 20 heavy (non-hydrogen) atoms. The highest BCUT2D eigenvalue weighted by Crippen LogP contribution is 2.37. The Morgan fingerprint density at radius 2 is 2.05 bits per heavy atom. The van der Waals surface area contributed by atoms with Gasteiger partial charge in [-0.25, -0.2) is 9.78 Å². The molecule has 0 bridgehead atoms. The van der Waals surface area contributed by atoms with Gasteiger partial charge < -0.3 is 15.5 Å². The zero-order valence-electron chi connectivity index (χ0n) is 9.60. The SMILES string of the molecule is O=C(O)c1sc(Nc2cccc(O)c2)nc1C(F)(F)F. The van der Waals surface area contributed by atoms with E-state index in [9.17, 15) is 23.1 Å². The molecule has 0 saturated heterocycles. The number of nitrogens with zero attached hydrogens (tertiary/aromatic N) is 1. The van der Waals surface area contributed by atoms with Crippen LogP contribution in [0.4, 0.5) is 24.0 Å². The molecular formula is C11H7F3N2O3S. The Balaban J connectivity index is 2.37. The van der Waals surface area contributed by atoms with E-state index in [4.69, 9.17) is 5.11 Å².